The van der Waals surface area contributed by atoms with Gasteiger partial charge in [0, 0.05) is 7.05 Å². The van der Waals surface area contributed by atoms with Crippen LogP contribution < -0.4 is 0 Å². The van der Waals surface area contributed by atoms with E-state index in [-0.39, 0.29) is 0 Å². The maximum absolute atomic E-state index is 4.42. The molecule has 0 saturated heterocycles. The number of hydrogen-bond donors (Lipinski definition) is 0. The highest BCUT2D eigenvalue weighted by molar-refractivity contribution is 6.12. The number of allylic oxidation sites excluding steroid dienone is 2. The van der Waals surface area contributed by atoms with E-state index >= 15 is 0 Å². The highest BCUT2D eigenvalue weighted by Crippen LogP contribution is 2.11. The molecule has 0 saturated carbocycles. The summed E-state index contributed by atoms with van der Waals surface area (Å²) >= 11 is 0. The van der Waals surface area contributed by atoms with Crippen molar-refractivity contribution in [1.29, 1.82) is 0 Å². The zero-order chi connectivity index (χ0) is 17.5. The van der Waals surface area contributed by atoms with Crippen LogP contribution in [0.4, 0.5) is 0 Å². The van der Waals surface area contributed by atoms with Gasteiger partial charge >= 0.3 is 0 Å². The molecule has 1 nitrogen and oxygen atoms in total. The van der Waals surface area contributed by atoms with Crippen molar-refractivity contribution in [1.82, 2.24) is 0 Å². The van der Waals surface area contributed by atoms with Crippen LogP contribution in [-0.2, 0) is 6.42 Å². The van der Waals surface area contributed by atoms with E-state index in [0.717, 1.165) is 12.1 Å². The molecule has 0 aliphatic heterocycles. The summed E-state index contributed by atoms with van der Waals surface area (Å²) in [6.07, 6.45) is 3.18. The second-order valence-corrected chi connectivity index (χ2v) is 4.52. The quantitative estimate of drug-likeness (QED) is 0.584. The second-order valence-electron chi connectivity index (χ2n) is 4.52. The summed E-state index contributed by atoms with van der Waals surface area (Å²) in [6, 6.07) is 20.8. The van der Waals surface area contributed by atoms with Crippen LogP contribution in [0, 0.1) is 0 Å². The van der Waals surface area contributed by atoms with Crippen LogP contribution in [-0.4, -0.2) is 12.8 Å². The Morgan fingerprint density at radius 1 is 0.826 bits per heavy atom. The minimum atomic E-state index is 0.943. The minimum absolute atomic E-state index is 0.943. The number of nitrogens with zero attached hydrogens (tertiary/aromatic N) is 1. The van der Waals surface area contributed by atoms with Gasteiger partial charge in [0.15, 0.2) is 0 Å². The highest BCUT2D eigenvalue weighted by atomic mass is 14.7. The van der Waals surface area contributed by atoms with Crippen molar-refractivity contribution in [3.8, 4) is 0 Å². The van der Waals surface area contributed by atoms with E-state index in [1.54, 1.807) is 0 Å². The van der Waals surface area contributed by atoms with Crippen LogP contribution in [0.2, 0.25) is 0 Å². The first kappa shape index (κ1) is 20.9. The van der Waals surface area contributed by atoms with Crippen LogP contribution in [0.5, 0.6) is 0 Å². The summed E-state index contributed by atoms with van der Waals surface area (Å²) in [7, 11) is 1.85. The van der Waals surface area contributed by atoms with Gasteiger partial charge in [0.25, 0.3) is 0 Å². The average molecular weight is 309 g/mol. The van der Waals surface area contributed by atoms with Gasteiger partial charge in [0.05, 0.1) is 5.71 Å². The van der Waals surface area contributed by atoms with Gasteiger partial charge in [-0.2, -0.15) is 0 Å². The zero-order valence-corrected chi connectivity index (χ0v) is 15.5. The van der Waals surface area contributed by atoms with Gasteiger partial charge in [0.2, 0.25) is 0 Å². The summed E-state index contributed by atoms with van der Waals surface area (Å²) in [5.74, 6) is 0. The molecule has 0 heterocycles. The highest BCUT2D eigenvalue weighted by Gasteiger charge is 2.03. The maximum atomic E-state index is 4.42. The third-order valence-electron chi connectivity index (χ3n) is 3.13. The van der Waals surface area contributed by atoms with Crippen LogP contribution in [0.3, 0.4) is 0 Å². The summed E-state index contributed by atoms with van der Waals surface area (Å²) in [5.41, 5.74) is 4.78. The summed E-state index contributed by atoms with van der Waals surface area (Å²) in [4.78, 5) is 4.42. The lowest BCUT2D eigenvalue weighted by Gasteiger charge is -2.06. The smallest absolute Gasteiger partial charge is 0.0669 e. The van der Waals surface area contributed by atoms with Gasteiger partial charge in [-0.15, -0.1) is 0 Å². The molecule has 0 spiro atoms. The molecule has 0 bridgehead atoms. The summed E-state index contributed by atoms with van der Waals surface area (Å²) in [5, 5.41) is 0. The first-order chi connectivity index (χ1) is 11.3. The van der Waals surface area contributed by atoms with E-state index in [2.05, 4.69) is 54.4 Å². The second kappa shape index (κ2) is 13.5. The first-order valence-corrected chi connectivity index (χ1v) is 8.54. The van der Waals surface area contributed by atoms with Crippen molar-refractivity contribution < 1.29 is 0 Å². The molecular formula is C22H31N. The molecule has 0 amide bonds. The lowest BCUT2D eigenvalue weighted by Crippen LogP contribution is -2.02. The van der Waals surface area contributed by atoms with E-state index in [1.807, 2.05) is 59.0 Å². The Bertz CT molecular complexity index is 565. The van der Waals surface area contributed by atoms with Crippen molar-refractivity contribution in [2.24, 2.45) is 4.99 Å². The lowest BCUT2D eigenvalue weighted by atomic mass is 10.0. The minimum Gasteiger partial charge on any atom is -0.288 e. The Morgan fingerprint density at radius 2 is 1.30 bits per heavy atom. The summed E-state index contributed by atoms with van der Waals surface area (Å²) < 4.78 is 0. The standard InChI is InChI=1S/C18H19N.2C2H6/c1-15(13-14-16-9-5-3-6-10-16)18(19-2)17-11-7-4-8-12-17;2*1-2/h3-13H,14H2,1-2H3;2*1-2H3/b15-13-,19-18?;;. The first-order valence-electron chi connectivity index (χ1n) is 8.54. The van der Waals surface area contributed by atoms with E-state index in [1.165, 1.54) is 16.7 Å². The Hall–Kier alpha value is -2.15. The van der Waals surface area contributed by atoms with Crippen molar-refractivity contribution in [3.63, 3.8) is 0 Å². The van der Waals surface area contributed by atoms with Gasteiger partial charge in [0.1, 0.15) is 0 Å². The monoisotopic (exact) mass is 309 g/mol. The Morgan fingerprint density at radius 3 is 1.78 bits per heavy atom. The molecule has 0 fully saturated rings. The molecule has 124 valence electrons. The molecule has 0 aromatic heterocycles. The van der Waals surface area contributed by atoms with Gasteiger partial charge in [-0.1, -0.05) is 94.4 Å². The molecule has 23 heavy (non-hydrogen) atoms. The molecule has 2 aromatic rings. The molecule has 0 N–H and O–H groups in total. The number of aliphatic imine (C=N–C) groups is 1. The third kappa shape index (κ3) is 7.60. The largest absolute Gasteiger partial charge is 0.288 e. The fourth-order valence-electron chi connectivity index (χ4n) is 2.11. The van der Waals surface area contributed by atoms with Gasteiger partial charge < -0.3 is 0 Å². The lowest BCUT2D eigenvalue weighted by molar-refractivity contribution is 1.24. The Kier molecular flexibility index (Phi) is 12.2. The SMILES string of the molecule is CC.CC.CN=C(/C(C)=C\Cc1ccccc1)c1ccccc1. The van der Waals surface area contributed by atoms with Gasteiger partial charge in [-0.3, -0.25) is 4.99 Å². The zero-order valence-electron chi connectivity index (χ0n) is 15.5. The Labute approximate surface area is 142 Å². The van der Waals surface area contributed by atoms with E-state index < -0.39 is 0 Å². The predicted octanol–water partition coefficient (Wildman–Crippen LogP) is 6.35. The van der Waals surface area contributed by atoms with Crippen LogP contribution in [0.15, 0.2) is 77.3 Å². The Balaban J connectivity index is 0.00000112. The van der Waals surface area contributed by atoms with Gasteiger partial charge in [-0.05, 0) is 30.0 Å². The molecular weight excluding hydrogens is 278 g/mol. The molecule has 0 radical (unpaired) electrons. The van der Waals surface area contributed by atoms with E-state index in [4.69, 9.17) is 0 Å². The van der Waals surface area contributed by atoms with Crippen LogP contribution in [0.25, 0.3) is 0 Å². The molecule has 0 atom stereocenters. The third-order valence-corrected chi connectivity index (χ3v) is 3.13. The molecule has 2 rings (SSSR count). The van der Waals surface area contributed by atoms with Crippen molar-refractivity contribution in [2.45, 2.75) is 41.0 Å². The maximum Gasteiger partial charge on any atom is 0.0669 e. The fourth-order valence-corrected chi connectivity index (χ4v) is 2.11. The molecule has 0 aliphatic carbocycles. The topological polar surface area (TPSA) is 12.4 Å². The van der Waals surface area contributed by atoms with E-state index in [9.17, 15) is 0 Å². The van der Waals surface area contributed by atoms with Crippen molar-refractivity contribution >= 4 is 5.71 Å². The molecule has 2 aromatic carbocycles. The molecule has 0 aliphatic rings. The van der Waals surface area contributed by atoms with Crippen molar-refractivity contribution in [2.75, 3.05) is 7.05 Å². The summed E-state index contributed by atoms with van der Waals surface area (Å²) in [6.45, 7) is 10.1. The van der Waals surface area contributed by atoms with Crippen molar-refractivity contribution in [3.05, 3.63) is 83.4 Å². The average Bonchev–Trinajstić information content (AvgIpc) is 2.66. The number of benzene rings is 2. The number of hydrogen-bond acceptors (Lipinski definition) is 1. The van der Waals surface area contributed by atoms with E-state index in [0.29, 0.717) is 0 Å². The van der Waals surface area contributed by atoms with Crippen LogP contribution >= 0.6 is 0 Å². The molecule has 0 unspecified atom stereocenters. The fraction of sp³-hybridized carbons (Fsp3) is 0.318. The predicted molar refractivity (Wildman–Crippen MR) is 106 cm³/mol. The van der Waals surface area contributed by atoms with Gasteiger partial charge in [-0.25, -0.2) is 0 Å². The van der Waals surface area contributed by atoms with Crippen LogP contribution in [0.1, 0.15) is 45.7 Å². The number of rotatable bonds is 4. The normalized spacial score (nSPS) is 10.9. The molecule has 1 heteroatoms.